The Balaban J connectivity index is 1.39. The smallest absolute Gasteiger partial charge is 0.325 e. The zero-order chi connectivity index (χ0) is 20.0. The zero-order valence-corrected chi connectivity index (χ0v) is 15.5. The fourth-order valence-electron chi connectivity index (χ4n) is 3.47. The number of fused-ring (bicyclic) bond motifs is 1. The summed E-state index contributed by atoms with van der Waals surface area (Å²) in [5.74, 6) is 1.72. The van der Waals surface area contributed by atoms with Crippen molar-refractivity contribution in [2.45, 2.75) is 19.0 Å². The van der Waals surface area contributed by atoms with Crippen LogP contribution in [0.3, 0.4) is 0 Å². The quantitative estimate of drug-likeness (QED) is 0.677. The number of benzene rings is 1. The second-order valence-corrected chi connectivity index (χ2v) is 6.96. The molecule has 2 aliphatic heterocycles. The first-order valence-electron chi connectivity index (χ1n) is 9.08. The molecule has 1 saturated heterocycles. The predicted octanol–water partition coefficient (Wildman–Crippen LogP) is 2.67. The van der Waals surface area contributed by atoms with Gasteiger partial charge in [-0.25, -0.2) is 4.79 Å². The van der Waals surface area contributed by atoms with Gasteiger partial charge in [-0.3, -0.25) is 9.69 Å². The van der Waals surface area contributed by atoms with E-state index in [-0.39, 0.29) is 12.5 Å². The van der Waals surface area contributed by atoms with Crippen LogP contribution in [0.2, 0.25) is 0 Å². The van der Waals surface area contributed by atoms with Crippen LogP contribution in [-0.2, 0) is 16.9 Å². The van der Waals surface area contributed by atoms with E-state index < -0.39 is 11.6 Å². The molecule has 2 aromatic heterocycles. The Morgan fingerprint density at radius 3 is 2.72 bits per heavy atom. The molecule has 0 saturated carbocycles. The van der Waals surface area contributed by atoms with Gasteiger partial charge in [0, 0.05) is 6.07 Å². The van der Waals surface area contributed by atoms with Gasteiger partial charge in [0.25, 0.3) is 5.91 Å². The number of aromatic nitrogens is 1. The van der Waals surface area contributed by atoms with Crippen LogP contribution in [0.15, 0.2) is 51.6 Å². The number of hydrogen-bond donors (Lipinski definition) is 1. The van der Waals surface area contributed by atoms with Crippen molar-refractivity contribution in [3.63, 3.8) is 0 Å². The Labute approximate surface area is 165 Å². The van der Waals surface area contributed by atoms with Crippen LogP contribution in [0.1, 0.15) is 18.2 Å². The molecular weight excluding hydrogens is 378 g/mol. The number of nitrogens with zero attached hydrogens (tertiary/aromatic N) is 2. The normalized spacial score (nSPS) is 20.8. The Hall–Kier alpha value is -3.75. The highest BCUT2D eigenvalue weighted by molar-refractivity contribution is 6.07. The topological polar surface area (TPSA) is 107 Å². The van der Waals surface area contributed by atoms with Gasteiger partial charge in [0.15, 0.2) is 17.3 Å². The van der Waals surface area contributed by atoms with Crippen LogP contribution >= 0.6 is 0 Å². The summed E-state index contributed by atoms with van der Waals surface area (Å²) in [4.78, 5) is 26.8. The Kier molecular flexibility index (Phi) is 3.83. The monoisotopic (exact) mass is 395 g/mol. The number of imide groups is 1. The molecule has 3 aromatic rings. The Morgan fingerprint density at radius 2 is 1.93 bits per heavy atom. The van der Waals surface area contributed by atoms with E-state index in [0.29, 0.717) is 47.5 Å². The minimum atomic E-state index is -1.22. The molecule has 148 valence electrons. The predicted molar refractivity (Wildman–Crippen MR) is 98.1 cm³/mol. The van der Waals surface area contributed by atoms with E-state index in [1.807, 2.05) is 0 Å². The molecule has 0 bridgehead atoms. The van der Waals surface area contributed by atoms with Crippen molar-refractivity contribution < 1.29 is 28.0 Å². The summed E-state index contributed by atoms with van der Waals surface area (Å²) in [5.41, 5.74) is -0.175. The maximum absolute atomic E-state index is 13.1. The number of carbonyl (C=O) groups excluding carboxylic acids is 2. The molecule has 9 heteroatoms. The number of ether oxygens (including phenoxy) is 2. The molecule has 29 heavy (non-hydrogen) atoms. The maximum atomic E-state index is 13.1. The molecule has 3 amide bonds. The van der Waals surface area contributed by atoms with Gasteiger partial charge < -0.3 is 23.7 Å². The number of rotatable bonds is 4. The summed E-state index contributed by atoms with van der Waals surface area (Å²) in [6, 6.07) is 9.81. The van der Waals surface area contributed by atoms with Crippen molar-refractivity contribution in [3.8, 4) is 23.0 Å². The van der Waals surface area contributed by atoms with Crippen molar-refractivity contribution in [2.24, 2.45) is 0 Å². The van der Waals surface area contributed by atoms with E-state index in [2.05, 4.69) is 10.5 Å². The number of hydrogen-bond acceptors (Lipinski definition) is 7. The van der Waals surface area contributed by atoms with Gasteiger partial charge in [0.1, 0.15) is 24.4 Å². The Bertz CT molecular complexity index is 1090. The van der Waals surface area contributed by atoms with Gasteiger partial charge in [0.05, 0.1) is 12.8 Å². The first-order chi connectivity index (χ1) is 14.0. The van der Waals surface area contributed by atoms with Gasteiger partial charge >= 0.3 is 6.03 Å². The first kappa shape index (κ1) is 17.4. The number of urea groups is 1. The lowest BCUT2D eigenvalue weighted by atomic mass is 9.91. The molecule has 0 spiro atoms. The van der Waals surface area contributed by atoms with Crippen LogP contribution in [0, 0.1) is 0 Å². The lowest BCUT2D eigenvalue weighted by Gasteiger charge is -2.25. The van der Waals surface area contributed by atoms with Gasteiger partial charge in [-0.1, -0.05) is 11.2 Å². The fraction of sp³-hybridized carbons (Fsp3) is 0.250. The van der Waals surface area contributed by atoms with Crippen molar-refractivity contribution >= 4 is 11.9 Å². The third-order valence-corrected chi connectivity index (χ3v) is 5.04. The molecule has 2 aliphatic rings. The molecule has 4 heterocycles. The third-order valence-electron chi connectivity index (χ3n) is 5.04. The zero-order valence-electron chi connectivity index (χ0n) is 15.5. The SMILES string of the molecule is CC1(c2ccc3c(c2)OCCO3)NC(=O)N(Cc2cc(-c3ccco3)on2)C1=O. The molecule has 0 aliphatic carbocycles. The van der Waals surface area contributed by atoms with Crippen molar-refractivity contribution in [3.05, 3.63) is 53.9 Å². The van der Waals surface area contributed by atoms with Crippen molar-refractivity contribution in [1.29, 1.82) is 0 Å². The minimum absolute atomic E-state index is 0.0188. The molecule has 9 nitrogen and oxygen atoms in total. The average Bonchev–Trinajstić information content (AvgIpc) is 3.46. The number of amides is 3. The summed E-state index contributed by atoms with van der Waals surface area (Å²) in [5, 5.41) is 6.71. The highest BCUT2D eigenvalue weighted by Crippen LogP contribution is 2.37. The lowest BCUT2D eigenvalue weighted by molar-refractivity contribution is -0.131. The largest absolute Gasteiger partial charge is 0.486 e. The highest BCUT2D eigenvalue weighted by atomic mass is 16.6. The van der Waals surface area contributed by atoms with Gasteiger partial charge in [0.2, 0.25) is 5.76 Å². The van der Waals surface area contributed by atoms with Gasteiger partial charge in [-0.15, -0.1) is 0 Å². The molecule has 1 unspecified atom stereocenters. The van der Waals surface area contributed by atoms with Crippen molar-refractivity contribution in [1.82, 2.24) is 15.4 Å². The second kappa shape index (κ2) is 6.40. The van der Waals surface area contributed by atoms with Crippen LogP contribution in [0.5, 0.6) is 11.5 Å². The third kappa shape index (κ3) is 2.82. The molecular formula is C20H17N3O6. The van der Waals surface area contributed by atoms with Crippen molar-refractivity contribution in [2.75, 3.05) is 13.2 Å². The Morgan fingerprint density at radius 1 is 1.10 bits per heavy atom. The minimum Gasteiger partial charge on any atom is -0.486 e. The van der Waals surface area contributed by atoms with Crippen LogP contribution in [0.25, 0.3) is 11.5 Å². The lowest BCUT2D eigenvalue weighted by Crippen LogP contribution is -2.41. The van der Waals surface area contributed by atoms with Crippen LogP contribution in [0.4, 0.5) is 4.79 Å². The van der Waals surface area contributed by atoms with E-state index in [1.54, 1.807) is 43.3 Å². The summed E-state index contributed by atoms with van der Waals surface area (Å²) in [7, 11) is 0. The summed E-state index contributed by atoms with van der Waals surface area (Å²) >= 11 is 0. The van der Waals surface area contributed by atoms with E-state index >= 15 is 0 Å². The molecule has 1 aromatic carbocycles. The van der Waals surface area contributed by atoms with Gasteiger partial charge in [-0.2, -0.15) is 0 Å². The van der Waals surface area contributed by atoms with E-state index in [0.717, 1.165) is 4.90 Å². The summed E-state index contributed by atoms with van der Waals surface area (Å²) in [6.45, 7) is 2.55. The average molecular weight is 395 g/mol. The molecule has 0 radical (unpaired) electrons. The fourth-order valence-corrected chi connectivity index (χ4v) is 3.47. The van der Waals surface area contributed by atoms with Crippen LogP contribution in [-0.4, -0.2) is 35.2 Å². The van der Waals surface area contributed by atoms with Crippen LogP contribution < -0.4 is 14.8 Å². The molecule has 1 fully saturated rings. The number of furan rings is 1. The first-order valence-corrected chi connectivity index (χ1v) is 9.08. The number of nitrogens with one attached hydrogen (secondary N) is 1. The van der Waals surface area contributed by atoms with E-state index in [4.69, 9.17) is 18.4 Å². The second-order valence-electron chi connectivity index (χ2n) is 6.96. The maximum Gasteiger partial charge on any atom is 0.325 e. The number of carbonyl (C=O) groups is 2. The highest BCUT2D eigenvalue weighted by Gasteiger charge is 2.49. The van der Waals surface area contributed by atoms with E-state index in [9.17, 15) is 9.59 Å². The van der Waals surface area contributed by atoms with E-state index in [1.165, 1.54) is 6.26 Å². The van der Waals surface area contributed by atoms with Gasteiger partial charge in [-0.05, 0) is 36.8 Å². The standard InChI is InChI=1S/C20H17N3O6/c1-20(12-4-5-15-16(9-12)28-8-7-27-15)18(24)23(19(25)21-20)11-13-10-17(29-22-13)14-3-2-6-26-14/h2-6,9-10H,7-8,11H2,1H3,(H,21,25). The molecule has 5 rings (SSSR count). The molecule has 1 atom stereocenters. The molecule has 1 N–H and O–H groups in total. The summed E-state index contributed by atoms with van der Waals surface area (Å²) in [6.07, 6.45) is 1.52. The summed E-state index contributed by atoms with van der Waals surface area (Å²) < 4.78 is 21.6.